The maximum atomic E-state index is 3.76. The summed E-state index contributed by atoms with van der Waals surface area (Å²) >= 11 is 3.53. The van der Waals surface area contributed by atoms with Gasteiger partial charge in [0, 0.05) is 5.33 Å². The van der Waals surface area contributed by atoms with Crippen molar-refractivity contribution in [2.75, 3.05) is 5.33 Å². The van der Waals surface area contributed by atoms with E-state index in [1.807, 2.05) is 6.08 Å². The lowest BCUT2D eigenvalue weighted by Gasteiger charge is -2.15. The molecule has 11 heavy (non-hydrogen) atoms. The molecule has 0 aliphatic heterocycles. The first-order valence-corrected chi connectivity index (χ1v) is 5.53. The summed E-state index contributed by atoms with van der Waals surface area (Å²) in [4.78, 5) is 0. The zero-order valence-electron chi connectivity index (χ0n) is 7.65. The fourth-order valence-corrected chi connectivity index (χ4v) is 1.72. The highest BCUT2D eigenvalue weighted by atomic mass is 79.9. The minimum absolute atomic E-state index is 0.794. The van der Waals surface area contributed by atoms with Crippen molar-refractivity contribution in [1.29, 1.82) is 0 Å². The Labute approximate surface area is 79.2 Å². The lowest BCUT2D eigenvalue weighted by molar-refractivity contribution is 0.415. The average Bonchev–Trinajstić information content (AvgIpc) is 2.03. The summed E-state index contributed by atoms with van der Waals surface area (Å²) in [6, 6.07) is 0. The Morgan fingerprint density at radius 3 is 2.55 bits per heavy atom. The summed E-state index contributed by atoms with van der Waals surface area (Å²) in [7, 11) is 0. The third-order valence-electron chi connectivity index (χ3n) is 2.15. The van der Waals surface area contributed by atoms with Crippen LogP contribution in [0.1, 0.15) is 33.1 Å². The molecule has 0 saturated carbocycles. The van der Waals surface area contributed by atoms with E-state index in [9.17, 15) is 0 Å². The molecule has 0 aromatic rings. The smallest absolute Gasteiger partial charge is 0.00627 e. The Morgan fingerprint density at radius 2 is 2.18 bits per heavy atom. The second-order valence-corrected chi connectivity index (χ2v) is 3.94. The molecular weight excluding hydrogens is 200 g/mol. The van der Waals surface area contributed by atoms with Gasteiger partial charge < -0.3 is 0 Å². The molecule has 0 radical (unpaired) electrons. The zero-order chi connectivity index (χ0) is 8.69. The van der Waals surface area contributed by atoms with Crippen LogP contribution in [0.4, 0.5) is 0 Å². The predicted molar refractivity (Wildman–Crippen MR) is 56.2 cm³/mol. The number of allylic oxidation sites excluding steroid dienone is 1. The maximum Gasteiger partial charge on any atom is 0.00627 e. The number of halogens is 1. The monoisotopic (exact) mass is 218 g/mol. The lowest BCUT2D eigenvalue weighted by Crippen LogP contribution is -2.06. The Bertz CT molecular complexity index is 99.0. The van der Waals surface area contributed by atoms with Crippen LogP contribution in [0.2, 0.25) is 0 Å². The van der Waals surface area contributed by atoms with E-state index >= 15 is 0 Å². The van der Waals surface area contributed by atoms with Crippen LogP contribution >= 0.6 is 15.9 Å². The second-order valence-electron chi connectivity index (χ2n) is 3.29. The molecular formula is C10H19Br. The van der Waals surface area contributed by atoms with Gasteiger partial charge in [-0.15, -0.1) is 6.58 Å². The summed E-state index contributed by atoms with van der Waals surface area (Å²) in [5, 5.41) is 1.11. The van der Waals surface area contributed by atoms with Crippen molar-refractivity contribution >= 4 is 15.9 Å². The molecule has 0 saturated heterocycles. The Kier molecular flexibility index (Phi) is 7.04. The molecule has 0 fully saturated rings. The SMILES string of the molecule is C=CCC(CBr)CC(C)CC. The fourth-order valence-electron chi connectivity index (χ4n) is 1.19. The van der Waals surface area contributed by atoms with Crippen LogP contribution in [0.15, 0.2) is 12.7 Å². The van der Waals surface area contributed by atoms with Crippen molar-refractivity contribution in [3.8, 4) is 0 Å². The normalized spacial score (nSPS) is 15.9. The molecule has 66 valence electrons. The Hall–Kier alpha value is 0.220. The third-order valence-corrected chi connectivity index (χ3v) is 3.07. The highest BCUT2D eigenvalue weighted by Gasteiger charge is 2.08. The fraction of sp³-hybridized carbons (Fsp3) is 0.800. The molecule has 0 aliphatic rings. The maximum absolute atomic E-state index is 3.76. The van der Waals surface area contributed by atoms with Gasteiger partial charge in [0.25, 0.3) is 0 Å². The number of hydrogen-bond donors (Lipinski definition) is 0. The number of alkyl halides is 1. The molecule has 0 aromatic heterocycles. The van der Waals surface area contributed by atoms with Gasteiger partial charge in [-0.1, -0.05) is 42.3 Å². The molecule has 2 unspecified atom stereocenters. The van der Waals surface area contributed by atoms with Gasteiger partial charge in [0.2, 0.25) is 0 Å². The van der Waals surface area contributed by atoms with E-state index in [0.29, 0.717) is 0 Å². The van der Waals surface area contributed by atoms with Crippen LogP contribution in [-0.4, -0.2) is 5.33 Å². The first-order chi connectivity index (χ1) is 5.24. The number of rotatable bonds is 6. The predicted octanol–water partition coefficient (Wildman–Crippen LogP) is 4.01. The quantitative estimate of drug-likeness (QED) is 0.467. The van der Waals surface area contributed by atoms with Crippen molar-refractivity contribution < 1.29 is 0 Å². The molecule has 0 amide bonds. The van der Waals surface area contributed by atoms with Crippen LogP contribution in [-0.2, 0) is 0 Å². The Morgan fingerprint density at radius 1 is 1.55 bits per heavy atom. The number of hydrogen-bond acceptors (Lipinski definition) is 0. The first-order valence-electron chi connectivity index (χ1n) is 4.41. The highest BCUT2D eigenvalue weighted by Crippen LogP contribution is 2.20. The molecule has 0 nitrogen and oxygen atoms in total. The summed E-state index contributed by atoms with van der Waals surface area (Å²) < 4.78 is 0. The van der Waals surface area contributed by atoms with Gasteiger partial charge in [-0.05, 0) is 24.7 Å². The second kappa shape index (κ2) is 6.90. The van der Waals surface area contributed by atoms with Gasteiger partial charge in [-0.25, -0.2) is 0 Å². The van der Waals surface area contributed by atoms with Crippen molar-refractivity contribution in [3.05, 3.63) is 12.7 Å². The van der Waals surface area contributed by atoms with Crippen LogP contribution in [0.3, 0.4) is 0 Å². The Balaban J connectivity index is 3.57. The van der Waals surface area contributed by atoms with E-state index in [2.05, 4.69) is 36.4 Å². The van der Waals surface area contributed by atoms with Gasteiger partial charge in [-0.2, -0.15) is 0 Å². The van der Waals surface area contributed by atoms with Gasteiger partial charge >= 0.3 is 0 Å². The summed E-state index contributed by atoms with van der Waals surface area (Å²) in [6.45, 7) is 8.33. The van der Waals surface area contributed by atoms with E-state index < -0.39 is 0 Å². The zero-order valence-corrected chi connectivity index (χ0v) is 9.23. The van der Waals surface area contributed by atoms with E-state index in [1.165, 1.54) is 12.8 Å². The third kappa shape index (κ3) is 5.49. The molecule has 0 spiro atoms. The van der Waals surface area contributed by atoms with Crippen LogP contribution < -0.4 is 0 Å². The van der Waals surface area contributed by atoms with Crippen LogP contribution in [0.5, 0.6) is 0 Å². The summed E-state index contributed by atoms with van der Waals surface area (Å²) in [6.07, 6.45) is 5.79. The first kappa shape index (κ1) is 11.2. The van der Waals surface area contributed by atoms with Crippen molar-refractivity contribution in [2.45, 2.75) is 33.1 Å². The molecule has 0 aliphatic carbocycles. The summed E-state index contributed by atoms with van der Waals surface area (Å²) in [5.41, 5.74) is 0. The average molecular weight is 219 g/mol. The molecule has 2 atom stereocenters. The van der Waals surface area contributed by atoms with E-state index in [-0.39, 0.29) is 0 Å². The molecule has 0 bridgehead atoms. The molecule has 0 aromatic carbocycles. The molecule has 0 heterocycles. The van der Waals surface area contributed by atoms with Gasteiger partial charge in [-0.3, -0.25) is 0 Å². The van der Waals surface area contributed by atoms with E-state index in [4.69, 9.17) is 0 Å². The van der Waals surface area contributed by atoms with Crippen molar-refractivity contribution in [2.24, 2.45) is 11.8 Å². The van der Waals surface area contributed by atoms with Crippen molar-refractivity contribution in [3.63, 3.8) is 0 Å². The van der Waals surface area contributed by atoms with E-state index in [1.54, 1.807) is 0 Å². The van der Waals surface area contributed by atoms with Gasteiger partial charge in [0.1, 0.15) is 0 Å². The summed E-state index contributed by atoms with van der Waals surface area (Å²) in [5.74, 6) is 1.65. The standard InChI is InChI=1S/C10H19Br/c1-4-6-10(8-11)7-9(3)5-2/h4,9-10H,1,5-8H2,2-3H3. The highest BCUT2D eigenvalue weighted by molar-refractivity contribution is 9.09. The van der Waals surface area contributed by atoms with E-state index in [0.717, 1.165) is 23.6 Å². The minimum atomic E-state index is 0.794. The molecule has 0 rings (SSSR count). The van der Waals surface area contributed by atoms with Crippen LogP contribution in [0, 0.1) is 11.8 Å². The minimum Gasteiger partial charge on any atom is -0.103 e. The molecule has 1 heteroatoms. The van der Waals surface area contributed by atoms with Crippen molar-refractivity contribution in [1.82, 2.24) is 0 Å². The lowest BCUT2D eigenvalue weighted by atomic mass is 9.93. The topological polar surface area (TPSA) is 0 Å². The van der Waals surface area contributed by atoms with Gasteiger partial charge in [0.15, 0.2) is 0 Å². The van der Waals surface area contributed by atoms with Gasteiger partial charge in [0.05, 0.1) is 0 Å². The van der Waals surface area contributed by atoms with Crippen LogP contribution in [0.25, 0.3) is 0 Å². The molecule has 0 N–H and O–H groups in total. The largest absolute Gasteiger partial charge is 0.103 e.